The lowest BCUT2D eigenvalue weighted by atomic mass is 10.1. The number of rotatable bonds is 2. The van der Waals surface area contributed by atoms with Gasteiger partial charge >= 0.3 is 0 Å². The quantitative estimate of drug-likeness (QED) is 0.862. The van der Waals surface area contributed by atoms with Gasteiger partial charge in [0.05, 0.1) is 5.71 Å². The van der Waals surface area contributed by atoms with E-state index in [1.807, 2.05) is 30.0 Å². The minimum absolute atomic E-state index is 0.212. The molecule has 1 amide bonds. The monoisotopic (exact) mass is 283 g/mol. The molecule has 1 aromatic heterocycles. The van der Waals surface area contributed by atoms with E-state index < -0.39 is 0 Å². The van der Waals surface area contributed by atoms with Crippen LogP contribution in [0.1, 0.15) is 22.3 Å². The van der Waals surface area contributed by atoms with E-state index in [0.29, 0.717) is 5.56 Å². The topological polar surface area (TPSA) is 54.4 Å². The van der Waals surface area contributed by atoms with Gasteiger partial charge in [-0.25, -0.2) is 5.43 Å². The highest BCUT2D eigenvalue weighted by Crippen LogP contribution is 2.29. The minimum Gasteiger partial charge on any atom is -0.267 e. The average molecular weight is 283 g/mol. The molecule has 0 bridgehead atoms. The molecule has 100 valence electrons. The average Bonchev–Trinajstić information content (AvgIpc) is 2.53. The van der Waals surface area contributed by atoms with Crippen LogP contribution in [-0.2, 0) is 0 Å². The fourth-order valence-electron chi connectivity index (χ4n) is 2.03. The van der Waals surface area contributed by atoms with Crippen molar-refractivity contribution >= 4 is 23.4 Å². The Balaban J connectivity index is 1.79. The molecule has 0 saturated heterocycles. The molecule has 1 aliphatic heterocycles. The Bertz CT molecular complexity index is 655. The first kappa shape index (κ1) is 12.9. The summed E-state index contributed by atoms with van der Waals surface area (Å²) in [7, 11) is 0. The van der Waals surface area contributed by atoms with Crippen molar-refractivity contribution in [2.75, 3.05) is 5.75 Å². The molecule has 0 fully saturated rings. The molecule has 0 saturated carbocycles. The Morgan fingerprint density at radius 2 is 2.00 bits per heavy atom. The van der Waals surface area contributed by atoms with Gasteiger partial charge in [0, 0.05) is 40.6 Å². The van der Waals surface area contributed by atoms with Crippen molar-refractivity contribution < 1.29 is 4.79 Å². The van der Waals surface area contributed by atoms with Crippen molar-refractivity contribution in [1.82, 2.24) is 10.4 Å². The van der Waals surface area contributed by atoms with Crippen molar-refractivity contribution in [1.29, 1.82) is 0 Å². The molecule has 0 radical (unpaired) electrons. The summed E-state index contributed by atoms with van der Waals surface area (Å²) in [6.07, 6.45) is 4.04. The maximum absolute atomic E-state index is 11.9. The Kier molecular flexibility index (Phi) is 3.78. The summed E-state index contributed by atoms with van der Waals surface area (Å²) in [5.74, 6) is 0.775. The van der Waals surface area contributed by atoms with E-state index in [0.717, 1.165) is 23.4 Å². The number of aromatic nitrogens is 1. The number of thioether (sulfide) groups is 1. The Hall–Kier alpha value is -2.14. The maximum Gasteiger partial charge on any atom is 0.271 e. The molecule has 3 rings (SSSR count). The Morgan fingerprint density at radius 3 is 2.85 bits per heavy atom. The molecule has 2 heterocycles. The molecule has 2 aromatic rings. The van der Waals surface area contributed by atoms with E-state index in [-0.39, 0.29) is 5.91 Å². The van der Waals surface area contributed by atoms with Gasteiger partial charge in [0.15, 0.2) is 0 Å². The van der Waals surface area contributed by atoms with Gasteiger partial charge in [0.2, 0.25) is 0 Å². The van der Waals surface area contributed by atoms with E-state index in [2.05, 4.69) is 21.6 Å². The van der Waals surface area contributed by atoms with Gasteiger partial charge in [-0.15, -0.1) is 11.8 Å². The normalized spacial score (nSPS) is 15.7. The van der Waals surface area contributed by atoms with Crippen LogP contribution in [0.25, 0.3) is 0 Å². The number of nitrogens with one attached hydrogen (secondary N) is 1. The SMILES string of the molecule is O=C(N/N=C1\CCSc2ccccc21)c1ccncc1. The molecule has 5 heteroatoms. The highest BCUT2D eigenvalue weighted by molar-refractivity contribution is 7.99. The number of nitrogens with zero attached hydrogens (tertiary/aromatic N) is 2. The number of fused-ring (bicyclic) bond motifs is 1. The van der Waals surface area contributed by atoms with Gasteiger partial charge in [-0.3, -0.25) is 9.78 Å². The Labute approximate surface area is 121 Å². The molecule has 1 aliphatic rings. The van der Waals surface area contributed by atoms with Crippen LogP contribution >= 0.6 is 11.8 Å². The van der Waals surface area contributed by atoms with E-state index >= 15 is 0 Å². The molecular weight excluding hydrogens is 270 g/mol. The summed E-state index contributed by atoms with van der Waals surface area (Å²) in [5.41, 5.74) is 5.22. The molecule has 1 aromatic carbocycles. The molecule has 0 unspecified atom stereocenters. The van der Waals surface area contributed by atoms with Crippen LogP contribution in [0.2, 0.25) is 0 Å². The molecule has 0 aliphatic carbocycles. The predicted octanol–water partition coefficient (Wildman–Crippen LogP) is 2.71. The summed E-state index contributed by atoms with van der Waals surface area (Å²) in [5, 5.41) is 4.28. The van der Waals surface area contributed by atoms with Crippen LogP contribution in [0, 0.1) is 0 Å². The first-order chi connectivity index (χ1) is 9.84. The van der Waals surface area contributed by atoms with Gasteiger partial charge < -0.3 is 0 Å². The third-order valence-corrected chi connectivity index (χ3v) is 4.10. The zero-order chi connectivity index (χ0) is 13.8. The molecule has 0 atom stereocenters. The number of pyridine rings is 1. The molecule has 0 spiro atoms. The van der Waals surface area contributed by atoms with E-state index in [9.17, 15) is 4.79 Å². The molecule has 20 heavy (non-hydrogen) atoms. The largest absolute Gasteiger partial charge is 0.271 e. The number of amides is 1. The number of hydrazone groups is 1. The Morgan fingerprint density at radius 1 is 1.20 bits per heavy atom. The van der Waals surface area contributed by atoms with Crippen LogP contribution in [0.3, 0.4) is 0 Å². The van der Waals surface area contributed by atoms with Crippen LogP contribution in [0.15, 0.2) is 58.8 Å². The first-order valence-electron chi connectivity index (χ1n) is 6.34. The maximum atomic E-state index is 11.9. The second kappa shape index (κ2) is 5.88. The number of carbonyl (C=O) groups is 1. The van der Waals surface area contributed by atoms with Crippen molar-refractivity contribution in [3.05, 3.63) is 59.9 Å². The van der Waals surface area contributed by atoms with Crippen LogP contribution in [0.5, 0.6) is 0 Å². The fraction of sp³-hybridized carbons (Fsp3) is 0.133. The van der Waals surface area contributed by atoms with Crippen molar-refractivity contribution in [2.24, 2.45) is 5.10 Å². The minimum atomic E-state index is -0.212. The number of hydrogen-bond acceptors (Lipinski definition) is 4. The van der Waals surface area contributed by atoms with Gasteiger partial charge in [-0.1, -0.05) is 18.2 Å². The van der Waals surface area contributed by atoms with Crippen LogP contribution in [0.4, 0.5) is 0 Å². The lowest BCUT2D eigenvalue weighted by Gasteiger charge is -2.16. The third kappa shape index (κ3) is 2.72. The van der Waals surface area contributed by atoms with E-state index in [4.69, 9.17) is 0 Å². The van der Waals surface area contributed by atoms with E-state index in [1.165, 1.54) is 4.90 Å². The van der Waals surface area contributed by atoms with Crippen molar-refractivity contribution in [3.63, 3.8) is 0 Å². The van der Waals surface area contributed by atoms with Gasteiger partial charge in [-0.05, 0) is 18.2 Å². The van der Waals surface area contributed by atoms with Crippen molar-refractivity contribution in [2.45, 2.75) is 11.3 Å². The number of hydrogen-bond donors (Lipinski definition) is 1. The first-order valence-corrected chi connectivity index (χ1v) is 7.32. The number of benzene rings is 1. The van der Waals surface area contributed by atoms with Crippen LogP contribution < -0.4 is 5.43 Å². The third-order valence-electron chi connectivity index (χ3n) is 3.03. The summed E-state index contributed by atoms with van der Waals surface area (Å²) >= 11 is 1.82. The summed E-state index contributed by atoms with van der Waals surface area (Å²) < 4.78 is 0. The smallest absolute Gasteiger partial charge is 0.267 e. The lowest BCUT2D eigenvalue weighted by molar-refractivity contribution is 0.0954. The zero-order valence-corrected chi connectivity index (χ0v) is 11.6. The molecular formula is C15H13N3OS. The predicted molar refractivity (Wildman–Crippen MR) is 80.0 cm³/mol. The standard InChI is InChI=1S/C15H13N3OS/c19-15(11-5-8-16-9-6-11)18-17-13-7-10-20-14-4-2-1-3-12(13)14/h1-6,8-9H,7,10H2,(H,18,19)/b17-13+. The highest BCUT2D eigenvalue weighted by Gasteiger charge is 2.15. The van der Waals surface area contributed by atoms with E-state index in [1.54, 1.807) is 24.5 Å². The van der Waals surface area contributed by atoms with Crippen LogP contribution in [-0.4, -0.2) is 22.4 Å². The van der Waals surface area contributed by atoms with Gasteiger partial charge in [0.1, 0.15) is 0 Å². The second-order valence-corrected chi connectivity index (χ2v) is 5.47. The van der Waals surface area contributed by atoms with Crippen molar-refractivity contribution in [3.8, 4) is 0 Å². The summed E-state index contributed by atoms with van der Waals surface area (Å²) in [4.78, 5) is 17.1. The molecule has 1 N–H and O–H groups in total. The summed E-state index contributed by atoms with van der Waals surface area (Å²) in [6.45, 7) is 0. The zero-order valence-electron chi connectivity index (χ0n) is 10.7. The fourth-order valence-corrected chi connectivity index (χ4v) is 3.06. The number of carbonyl (C=O) groups excluding carboxylic acids is 1. The van der Waals surface area contributed by atoms with Gasteiger partial charge in [-0.2, -0.15) is 5.10 Å². The van der Waals surface area contributed by atoms with Gasteiger partial charge in [0.25, 0.3) is 5.91 Å². The molecule has 4 nitrogen and oxygen atoms in total. The highest BCUT2D eigenvalue weighted by atomic mass is 32.2. The summed E-state index contributed by atoms with van der Waals surface area (Å²) in [6, 6.07) is 11.5. The second-order valence-electron chi connectivity index (χ2n) is 4.33. The lowest BCUT2D eigenvalue weighted by Crippen LogP contribution is -2.21.